The summed E-state index contributed by atoms with van der Waals surface area (Å²) in [7, 11) is 0. The van der Waals surface area contributed by atoms with Crippen molar-refractivity contribution in [3.05, 3.63) is 24.0 Å². The first-order valence-electron chi connectivity index (χ1n) is 7.69. The second kappa shape index (κ2) is 5.43. The molecule has 1 aliphatic carbocycles. The maximum absolute atomic E-state index is 12.0. The van der Waals surface area contributed by atoms with Crippen LogP contribution in [0.15, 0.2) is 18.3 Å². The highest BCUT2D eigenvalue weighted by Crippen LogP contribution is 2.45. The lowest BCUT2D eigenvalue weighted by atomic mass is 10.2. The molecule has 3 rings (SSSR count). The summed E-state index contributed by atoms with van der Waals surface area (Å²) in [6.07, 6.45) is 1.24. The van der Waals surface area contributed by atoms with Crippen molar-refractivity contribution < 1.29 is 14.6 Å². The molecule has 120 valence electrons. The zero-order valence-electron chi connectivity index (χ0n) is 13.2. The number of pyridine rings is 1. The van der Waals surface area contributed by atoms with E-state index in [1.807, 2.05) is 26.8 Å². The molecule has 1 amide bonds. The molecule has 6 heteroatoms. The Morgan fingerprint density at radius 3 is 2.64 bits per heavy atom. The molecule has 1 aliphatic heterocycles. The van der Waals surface area contributed by atoms with Crippen molar-refractivity contribution in [2.75, 3.05) is 13.1 Å². The topological polar surface area (TPSA) is 74.7 Å². The normalized spacial score (nSPS) is 26.7. The number of piperidine rings is 1. The molecule has 6 nitrogen and oxygen atoms in total. The number of hydrogen-bond donors (Lipinski definition) is 2. The Morgan fingerprint density at radius 1 is 1.41 bits per heavy atom. The second-order valence-electron chi connectivity index (χ2n) is 7.13. The Balaban J connectivity index is 1.43. The van der Waals surface area contributed by atoms with E-state index >= 15 is 0 Å². The van der Waals surface area contributed by atoms with Crippen LogP contribution in [0, 0.1) is 11.8 Å². The van der Waals surface area contributed by atoms with E-state index in [9.17, 15) is 9.90 Å². The predicted octanol–water partition coefficient (Wildman–Crippen LogP) is 1.74. The first-order chi connectivity index (χ1) is 10.3. The predicted molar refractivity (Wildman–Crippen MR) is 81.3 cm³/mol. The number of aromatic hydroxyl groups is 1. The van der Waals surface area contributed by atoms with Gasteiger partial charge >= 0.3 is 6.09 Å². The largest absolute Gasteiger partial charge is 0.506 e. The van der Waals surface area contributed by atoms with Crippen molar-refractivity contribution >= 4 is 6.09 Å². The fraction of sp³-hybridized carbons (Fsp3) is 0.625. The van der Waals surface area contributed by atoms with Crippen LogP contribution in [0.25, 0.3) is 0 Å². The lowest BCUT2D eigenvalue weighted by molar-refractivity contribution is 0.0269. The lowest BCUT2D eigenvalue weighted by Gasteiger charge is -2.26. The minimum Gasteiger partial charge on any atom is -0.506 e. The number of carbonyl (C=O) groups is 1. The van der Waals surface area contributed by atoms with E-state index < -0.39 is 5.60 Å². The van der Waals surface area contributed by atoms with Crippen LogP contribution in [0.2, 0.25) is 0 Å². The molecule has 2 unspecified atom stereocenters. The van der Waals surface area contributed by atoms with Crippen molar-refractivity contribution in [2.24, 2.45) is 11.8 Å². The average molecular weight is 305 g/mol. The van der Waals surface area contributed by atoms with Gasteiger partial charge in [-0.25, -0.2) is 4.79 Å². The van der Waals surface area contributed by atoms with Crippen LogP contribution in [-0.2, 0) is 11.3 Å². The Labute approximate surface area is 130 Å². The molecule has 0 radical (unpaired) electrons. The molecule has 0 bridgehead atoms. The second-order valence-corrected chi connectivity index (χ2v) is 7.13. The van der Waals surface area contributed by atoms with Gasteiger partial charge in [-0.05, 0) is 44.7 Å². The molecule has 22 heavy (non-hydrogen) atoms. The van der Waals surface area contributed by atoms with Gasteiger partial charge in [-0.3, -0.25) is 4.98 Å². The van der Waals surface area contributed by atoms with E-state index in [1.165, 1.54) is 6.20 Å². The molecule has 1 aromatic heterocycles. The summed E-state index contributed by atoms with van der Waals surface area (Å²) in [6, 6.07) is 3.91. The van der Waals surface area contributed by atoms with Crippen LogP contribution in [0.5, 0.6) is 5.75 Å². The third-order valence-corrected chi connectivity index (χ3v) is 4.17. The van der Waals surface area contributed by atoms with E-state index in [2.05, 4.69) is 10.3 Å². The van der Waals surface area contributed by atoms with E-state index in [0.29, 0.717) is 24.4 Å². The number of fused-ring (bicyclic) bond motifs is 1. The fourth-order valence-electron chi connectivity index (χ4n) is 3.05. The smallest absolute Gasteiger partial charge is 0.410 e. The number of carbonyl (C=O) groups excluding carboxylic acids is 1. The first kappa shape index (κ1) is 15.1. The van der Waals surface area contributed by atoms with E-state index in [1.54, 1.807) is 11.0 Å². The van der Waals surface area contributed by atoms with Crippen LogP contribution in [0.4, 0.5) is 4.79 Å². The number of nitrogens with zero attached hydrogens (tertiary/aromatic N) is 2. The zero-order valence-corrected chi connectivity index (χ0v) is 13.2. The Morgan fingerprint density at radius 2 is 2.09 bits per heavy atom. The molecule has 1 aromatic rings. The summed E-state index contributed by atoms with van der Waals surface area (Å²) in [6.45, 7) is 7.87. The maximum atomic E-state index is 12.0. The minimum absolute atomic E-state index is 0.181. The Bertz CT molecular complexity index is 541. The molecule has 0 spiro atoms. The third kappa shape index (κ3) is 3.32. The van der Waals surface area contributed by atoms with Gasteiger partial charge in [0.2, 0.25) is 0 Å². The molecule has 1 saturated carbocycles. The standard InChI is InChI=1S/C16H23N3O3/c1-16(2,3)22-15(21)19-8-12-13(9-19)14(12)18-6-10-4-5-11(20)7-17-10/h4-5,7,12-14,18,20H,6,8-9H2,1-3H3. The van der Waals surface area contributed by atoms with Gasteiger partial charge in [0.15, 0.2) is 0 Å². The van der Waals surface area contributed by atoms with Crippen LogP contribution in [0.3, 0.4) is 0 Å². The minimum atomic E-state index is -0.438. The molecule has 2 heterocycles. The van der Waals surface area contributed by atoms with Crippen molar-refractivity contribution in [3.63, 3.8) is 0 Å². The van der Waals surface area contributed by atoms with Gasteiger partial charge in [0.1, 0.15) is 11.4 Å². The molecule has 0 aromatic carbocycles. The Hall–Kier alpha value is -1.82. The van der Waals surface area contributed by atoms with Gasteiger partial charge in [0.05, 0.1) is 11.9 Å². The van der Waals surface area contributed by atoms with Gasteiger partial charge in [-0.15, -0.1) is 0 Å². The fourth-order valence-corrected chi connectivity index (χ4v) is 3.05. The number of hydrogen-bond acceptors (Lipinski definition) is 5. The average Bonchev–Trinajstić information content (AvgIpc) is 2.88. The number of ether oxygens (including phenoxy) is 1. The molecule has 2 atom stereocenters. The first-order valence-corrected chi connectivity index (χ1v) is 7.69. The number of nitrogens with one attached hydrogen (secondary N) is 1. The highest BCUT2D eigenvalue weighted by molar-refractivity contribution is 5.69. The molecule has 2 fully saturated rings. The summed E-state index contributed by atoms with van der Waals surface area (Å²) in [5.74, 6) is 1.22. The van der Waals surface area contributed by atoms with Gasteiger partial charge in [0, 0.05) is 25.7 Å². The van der Waals surface area contributed by atoms with E-state index in [4.69, 9.17) is 4.74 Å². The number of rotatable bonds is 3. The van der Waals surface area contributed by atoms with Crippen molar-refractivity contribution in [1.82, 2.24) is 15.2 Å². The maximum Gasteiger partial charge on any atom is 0.410 e. The van der Waals surface area contributed by atoms with Crippen LogP contribution in [0.1, 0.15) is 26.5 Å². The van der Waals surface area contributed by atoms with Crippen LogP contribution < -0.4 is 5.32 Å². The summed E-state index contributed by atoms with van der Waals surface area (Å²) in [5, 5.41) is 12.7. The quantitative estimate of drug-likeness (QED) is 0.890. The Kier molecular flexibility index (Phi) is 3.72. The van der Waals surface area contributed by atoms with E-state index in [-0.39, 0.29) is 11.8 Å². The number of aromatic nitrogens is 1. The number of amides is 1. The van der Waals surface area contributed by atoms with Crippen molar-refractivity contribution in [2.45, 2.75) is 39.0 Å². The van der Waals surface area contributed by atoms with Gasteiger partial charge in [0.25, 0.3) is 0 Å². The van der Waals surface area contributed by atoms with Crippen LogP contribution in [-0.4, -0.2) is 45.8 Å². The lowest BCUT2D eigenvalue weighted by Crippen LogP contribution is -2.39. The summed E-state index contributed by atoms with van der Waals surface area (Å²) < 4.78 is 5.40. The molecule has 2 N–H and O–H groups in total. The molecular weight excluding hydrogens is 282 g/mol. The monoisotopic (exact) mass is 305 g/mol. The SMILES string of the molecule is CC(C)(C)OC(=O)N1CC2C(C1)C2NCc1ccc(O)cn1. The third-order valence-electron chi connectivity index (χ3n) is 4.17. The highest BCUT2D eigenvalue weighted by Gasteiger charge is 2.56. The molecule has 2 aliphatic rings. The van der Waals surface area contributed by atoms with Crippen molar-refractivity contribution in [1.29, 1.82) is 0 Å². The summed E-state index contributed by atoms with van der Waals surface area (Å²) in [4.78, 5) is 18.0. The molecule has 1 saturated heterocycles. The molecular formula is C16H23N3O3. The number of likely N-dealkylation sites (tertiary alicyclic amines) is 1. The zero-order chi connectivity index (χ0) is 15.9. The highest BCUT2D eigenvalue weighted by atomic mass is 16.6. The van der Waals surface area contributed by atoms with Gasteiger partial charge < -0.3 is 20.1 Å². The van der Waals surface area contributed by atoms with Crippen molar-refractivity contribution in [3.8, 4) is 5.75 Å². The summed E-state index contributed by atoms with van der Waals surface area (Å²) in [5.41, 5.74) is 0.471. The van der Waals surface area contributed by atoms with Gasteiger partial charge in [-0.2, -0.15) is 0 Å². The van der Waals surface area contributed by atoms with E-state index in [0.717, 1.165) is 18.8 Å². The summed E-state index contributed by atoms with van der Waals surface area (Å²) >= 11 is 0. The van der Waals surface area contributed by atoms with Gasteiger partial charge in [-0.1, -0.05) is 0 Å². The van der Waals surface area contributed by atoms with Crippen LogP contribution >= 0.6 is 0 Å².